The predicted octanol–water partition coefficient (Wildman–Crippen LogP) is 4.59. The summed E-state index contributed by atoms with van der Waals surface area (Å²) in [4.78, 5) is 19.0. The van der Waals surface area contributed by atoms with Crippen LogP contribution in [-0.2, 0) is 27.5 Å². The number of likely N-dealkylation sites (tertiary alicyclic amines) is 2. The largest absolute Gasteiger partial charge is 0.419 e. The van der Waals surface area contributed by atoms with Crippen LogP contribution in [0, 0.1) is 5.82 Å². The van der Waals surface area contributed by atoms with Crippen molar-refractivity contribution in [2.75, 3.05) is 46.0 Å². The maximum atomic E-state index is 14.2. The number of amides is 1. The molecule has 2 saturated heterocycles. The van der Waals surface area contributed by atoms with Crippen LogP contribution in [0.4, 0.5) is 17.6 Å². The normalized spacial score (nSPS) is 21.1. The molecule has 226 valence electrons. The molecule has 41 heavy (non-hydrogen) atoms. The average molecular weight is 640 g/mol. The van der Waals surface area contributed by atoms with E-state index in [9.17, 15) is 30.8 Å². The second-order valence-corrected chi connectivity index (χ2v) is 13.4. The maximum absolute atomic E-state index is 14.2. The first-order valence-corrected chi connectivity index (χ1v) is 15.7. The molecule has 0 aliphatic carbocycles. The van der Waals surface area contributed by atoms with Gasteiger partial charge in [-0.15, -0.1) is 0 Å². The van der Waals surface area contributed by atoms with Crippen molar-refractivity contribution in [1.29, 1.82) is 0 Å². The van der Waals surface area contributed by atoms with Crippen molar-refractivity contribution in [1.82, 2.24) is 19.4 Å². The molecule has 0 radical (unpaired) electrons. The first-order valence-electron chi connectivity index (χ1n) is 13.1. The highest BCUT2D eigenvalue weighted by Gasteiger charge is 2.39. The SMILES string of the molecule is CN(Cc1ccc(C(F)(F)F)c(F)c1)[C@H]1CN(C(=O)CN2CCC(NS(C)(=O)=O)CC2)C[C@@H]1c1ccc(Cl)c(Cl)c1. The Labute approximate surface area is 247 Å². The molecule has 4 rings (SSSR count). The van der Waals surface area contributed by atoms with Gasteiger partial charge in [0.05, 0.1) is 28.4 Å². The zero-order chi connectivity index (χ0) is 30.1. The van der Waals surface area contributed by atoms with Crippen LogP contribution in [0.3, 0.4) is 0 Å². The quantitative estimate of drug-likeness (QED) is 0.428. The molecule has 0 aromatic heterocycles. The fourth-order valence-corrected chi connectivity index (χ4v) is 6.75. The lowest BCUT2D eigenvalue weighted by atomic mass is 9.93. The van der Waals surface area contributed by atoms with Crippen LogP contribution in [-0.4, -0.2) is 87.1 Å². The van der Waals surface area contributed by atoms with E-state index in [4.69, 9.17) is 23.2 Å². The fraction of sp³-hybridized carbons (Fsp3) is 0.519. The third-order valence-electron chi connectivity index (χ3n) is 7.68. The Balaban J connectivity index is 1.47. The molecule has 1 amide bonds. The standard InChI is InChI=1S/C27H32Cl2F4N4O3S/c1-35(13-17-3-5-21(24(30)11-17)27(31,32)33)25-15-37(14-20(25)18-4-6-22(28)23(29)12-18)26(38)16-36-9-7-19(8-10-36)34-41(2,39)40/h3-6,11-12,19-20,25,34H,7-10,13-16H2,1-2H3/t20-,25+/m1/s1. The topological polar surface area (TPSA) is 73.0 Å². The third kappa shape index (κ3) is 8.32. The Morgan fingerprint density at radius 2 is 1.76 bits per heavy atom. The van der Waals surface area contributed by atoms with Crippen molar-refractivity contribution in [2.24, 2.45) is 0 Å². The summed E-state index contributed by atoms with van der Waals surface area (Å²) in [5, 5.41) is 0.756. The maximum Gasteiger partial charge on any atom is 0.419 e. The van der Waals surface area contributed by atoms with Crippen LogP contribution in [0.15, 0.2) is 36.4 Å². The lowest BCUT2D eigenvalue weighted by Gasteiger charge is -2.32. The number of rotatable bonds is 8. The van der Waals surface area contributed by atoms with E-state index in [0.29, 0.717) is 54.6 Å². The highest BCUT2D eigenvalue weighted by atomic mass is 35.5. The van der Waals surface area contributed by atoms with Gasteiger partial charge in [0.15, 0.2) is 0 Å². The summed E-state index contributed by atoms with van der Waals surface area (Å²) in [6.07, 6.45) is -2.45. The summed E-state index contributed by atoms with van der Waals surface area (Å²) < 4.78 is 79.0. The number of hydrogen-bond donors (Lipinski definition) is 1. The van der Waals surface area contributed by atoms with Gasteiger partial charge in [-0.3, -0.25) is 14.6 Å². The van der Waals surface area contributed by atoms with E-state index in [2.05, 4.69) is 4.72 Å². The number of sulfonamides is 1. The van der Waals surface area contributed by atoms with Gasteiger partial charge in [-0.2, -0.15) is 13.2 Å². The first kappa shape index (κ1) is 32.0. The Morgan fingerprint density at radius 3 is 2.34 bits per heavy atom. The first-order chi connectivity index (χ1) is 19.1. The van der Waals surface area contributed by atoms with Gasteiger partial charge in [0.2, 0.25) is 15.9 Å². The number of likely N-dealkylation sites (N-methyl/N-ethyl adjacent to an activating group) is 1. The minimum Gasteiger partial charge on any atom is -0.339 e. The highest BCUT2D eigenvalue weighted by Crippen LogP contribution is 2.36. The molecule has 0 spiro atoms. The van der Waals surface area contributed by atoms with Gasteiger partial charge in [-0.25, -0.2) is 17.5 Å². The van der Waals surface area contributed by atoms with Gasteiger partial charge < -0.3 is 4.90 Å². The molecule has 0 unspecified atom stereocenters. The Bertz CT molecular complexity index is 1370. The number of halogens is 6. The number of carbonyl (C=O) groups is 1. The number of piperidine rings is 1. The van der Waals surface area contributed by atoms with E-state index in [-0.39, 0.29) is 37.0 Å². The number of nitrogens with zero attached hydrogens (tertiary/aromatic N) is 3. The summed E-state index contributed by atoms with van der Waals surface area (Å²) in [5.41, 5.74) is -0.0783. The molecule has 14 heteroatoms. The molecule has 2 aliphatic heterocycles. The van der Waals surface area contributed by atoms with Crippen molar-refractivity contribution in [3.63, 3.8) is 0 Å². The number of benzene rings is 2. The Kier molecular flexibility index (Phi) is 9.92. The molecule has 2 heterocycles. The smallest absolute Gasteiger partial charge is 0.339 e. The lowest BCUT2D eigenvalue weighted by molar-refractivity contribution is -0.140. The van der Waals surface area contributed by atoms with Crippen LogP contribution < -0.4 is 4.72 Å². The minimum absolute atomic E-state index is 0.0824. The number of carbonyl (C=O) groups excluding carboxylic acids is 1. The summed E-state index contributed by atoms with van der Waals surface area (Å²) in [7, 11) is -1.51. The second-order valence-electron chi connectivity index (χ2n) is 10.8. The van der Waals surface area contributed by atoms with Crippen molar-refractivity contribution >= 4 is 39.1 Å². The van der Waals surface area contributed by atoms with E-state index >= 15 is 0 Å². The van der Waals surface area contributed by atoms with E-state index in [1.54, 1.807) is 24.1 Å². The minimum atomic E-state index is -4.78. The van der Waals surface area contributed by atoms with Gasteiger partial charge in [-0.1, -0.05) is 35.3 Å². The number of alkyl halides is 3. The molecule has 0 bridgehead atoms. The van der Waals surface area contributed by atoms with E-state index in [1.807, 2.05) is 15.9 Å². The van der Waals surface area contributed by atoms with Crippen LogP contribution in [0.1, 0.15) is 35.4 Å². The lowest BCUT2D eigenvalue weighted by Crippen LogP contribution is -2.48. The van der Waals surface area contributed by atoms with Gasteiger partial charge in [0.1, 0.15) is 5.82 Å². The Hall–Kier alpha value is -1.96. The van der Waals surface area contributed by atoms with Gasteiger partial charge in [0, 0.05) is 50.7 Å². The van der Waals surface area contributed by atoms with Gasteiger partial charge in [0.25, 0.3) is 0 Å². The Morgan fingerprint density at radius 1 is 1.07 bits per heavy atom. The van der Waals surface area contributed by atoms with E-state index in [1.165, 1.54) is 6.07 Å². The number of hydrogen-bond acceptors (Lipinski definition) is 5. The van der Waals surface area contributed by atoms with Crippen molar-refractivity contribution in [2.45, 2.75) is 43.6 Å². The van der Waals surface area contributed by atoms with Crippen molar-refractivity contribution < 1.29 is 30.8 Å². The molecule has 2 aromatic rings. The fourth-order valence-electron chi connectivity index (χ4n) is 5.60. The van der Waals surface area contributed by atoms with Crippen LogP contribution >= 0.6 is 23.2 Å². The molecule has 7 nitrogen and oxygen atoms in total. The summed E-state index contributed by atoms with van der Waals surface area (Å²) in [5.74, 6) is -1.59. The molecular formula is C27H32Cl2F4N4O3S. The number of nitrogens with one attached hydrogen (secondary N) is 1. The third-order valence-corrected chi connectivity index (χ3v) is 9.18. The molecular weight excluding hydrogens is 607 g/mol. The van der Waals surface area contributed by atoms with Gasteiger partial charge >= 0.3 is 6.18 Å². The highest BCUT2D eigenvalue weighted by molar-refractivity contribution is 7.88. The van der Waals surface area contributed by atoms with Crippen LogP contribution in [0.25, 0.3) is 0 Å². The summed E-state index contributed by atoms with van der Waals surface area (Å²) in [6, 6.07) is 7.78. The van der Waals surface area contributed by atoms with Crippen LogP contribution in [0.5, 0.6) is 0 Å². The zero-order valence-corrected chi connectivity index (χ0v) is 24.9. The van der Waals surface area contributed by atoms with Crippen molar-refractivity contribution in [3.8, 4) is 0 Å². The average Bonchev–Trinajstić information content (AvgIpc) is 3.31. The summed E-state index contributed by atoms with van der Waals surface area (Å²) in [6.45, 7) is 2.24. The van der Waals surface area contributed by atoms with Crippen molar-refractivity contribution in [3.05, 3.63) is 69.0 Å². The monoisotopic (exact) mass is 638 g/mol. The molecule has 2 fully saturated rings. The van der Waals surface area contributed by atoms with E-state index < -0.39 is 27.6 Å². The molecule has 1 N–H and O–H groups in total. The molecule has 0 saturated carbocycles. The zero-order valence-electron chi connectivity index (χ0n) is 22.6. The van der Waals surface area contributed by atoms with Crippen LogP contribution in [0.2, 0.25) is 10.0 Å². The second kappa shape index (κ2) is 12.7. The van der Waals surface area contributed by atoms with E-state index in [0.717, 1.165) is 24.0 Å². The molecule has 2 aliphatic rings. The molecule has 2 aromatic carbocycles. The predicted molar refractivity (Wildman–Crippen MR) is 150 cm³/mol. The molecule has 2 atom stereocenters. The van der Waals surface area contributed by atoms with Gasteiger partial charge in [-0.05, 0) is 55.3 Å². The summed E-state index contributed by atoms with van der Waals surface area (Å²) >= 11 is 12.4.